The van der Waals surface area contributed by atoms with E-state index in [-0.39, 0.29) is 18.2 Å². The second-order valence-corrected chi connectivity index (χ2v) is 5.16. The molecule has 0 aliphatic carbocycles. The Labute approximate surface area is 120 Å². The van der Waals surface area contributed by atoms with Gasteiger partial charge in [0.05, 0.1) is 22.5 Å². The van der Waals surface area contributed by atoms with Gasteiger partial charge in [0.15, 0.2) is 0 Å². The maximum absolute atomic E-state index is 11.8. The molecule has 0 fully saturated rings. The Morgan fingerprint density at radius 2 is 2.11 bits per heavy atom. The SMILES string of the molecule is CCOC(=O)/C(N)=C(\C(C)C)n1nc(C)c(Br)c1N. The van der Waals surface area contributed by atoms with Crippen LogP contribution in [0.25, 0.3) is 5.70 Å². The van der Waals surface area contributed by atoms with Crippen LogP contribution in [-0.2, 0) is 9.53 Å². The molecular weight excluding hydrogens is 312 g/mol. The topological polar surface area (TPSA) is 96.2 Å². The maximum atomic E-state index is 11.8. The Morgan fingerprint density at radius 3 is 2.47 bits per heavy atom. The first-order valence-corrected chi connectivity index (χ1v) is 6.78. The number of carbonyl (C=O) groups excluding carboxylic acids is 1. The molecule has 1 rings (SSSR count). The Morgan fingerprint density at radius 1 is 1.53 bits per heavy atom. The van der Waals surface area contributed by atoms with Gasteiger partial charge in [0.2, 0.25) is 0 Å². The van der Waals surface area contributed by atoms with Gasteiger partial charge in [0, 0.05) is 0 Å². The van der Waals surface area contributed by atoms with Gasteiger partial charge in [-0.25, -0.2) is 9.48 Å². The lowest BCUT2D eigenvalue weighted by atomic mass is 10.1. The predicted molar refractivity (Wildman–Crippen MR) is 78.0 cm³/mol. The normalized spacial score (nSPS) is 12.5. The highest BCUT2D eigenvalue weighted by Gasteiger charge is 2.22. The quantitative estimate of drug-likeness (QED) is 0.649. The van der Waals surface area contributed by atoms with Crippen molar-refractivity contribution in [2.24, 2.45) is 11.7 Å². The number of carbonyl (C=O) groups is 1. The summed E-state index contributed by atoms with van der Waals surface area (Å²) in [4.78, 5) is 11.8. The number of allylic oxidation sites excluding steroid dienone is 1. The highest BCUT2D eigenvalue weighted by molar-refractivity contribution is 9.10. The summed E-state index contributed by atoms with van der Waals surface area (Å²) in [5.74, 6) is -0.179. The molecule has 0 atom stereocenters. The number of nitrogen functional groups attached to an aromatic ring is 1. The number of aryl methyl sites for hydroxylation is 1. The first kappa shape index (κ1) is 15.6. The van der Waals surface area contributed by atoms with E-state index in [9.17, 15) is 4.79 Å². The van der Waals surface area contributed by atoms with Crippen LogP contribution in [0.15, 0.2) is 10.2 Å². The molecule has 0 bridgehead atoms. The van der Waals surface area contributed by atoms with Gasteiger partial charge in [-0.2, -0.15) is 5.10 Å². The van der Waals surface area contributed by atoms with Crippen molar-refractivity contribution < 1.29 is 9.53 Å². The molecule has 0 radical (unpaired) electrons. The molecule has 4 N–H and O–H groups in total. The highest BCUT2D eigenvalue weighted by atomic mass is 79.9. The lowest BCUT2D eigenvalue weighted by Crippen LogP contribution is -2.22. The van der Waals surface area contributed by atoms with E-state index in [1.807, 2.05) is 20.8 Å². The van der Waals surface area contributed by atoms with E-state index in [1.54, 1.807) is 6.92 Å². The first-order chi connectivity index (χ1) is 8.81. The van der Waals surface area contributed by atoms with Crippen LogP contribution >= 0.6 is 15.9 Å². The van der Waals surface area contributed by atoms with E-state index in [4.69, 9.17) is 16.2 Å². The molecule has 1 heterocycles. The van der Waals surface area contributed by atoms with Crippen molar-refractivity contribution >= 4 is 33.4 Å². The second-order valence-electron chi connectivity index (χ2n) is 4.37. The summed E-state index contributed by atoms with van der Waals surface area (Å²) in [7, 11) is 0. The Kier molecular flexibility index (Phi) is 4.99. The van der Waals surface area contributed by atoms with Crippen molar-refractivity contribution in [1.29, 1.82) is 0 Å². The molecular formula is C12H19BrN4O2. The number of aromatic nitrogens is 2. The third-order valence-electron chi connectivity index (χ3n) is 2.57. The molecule has 0 unspecified atom stereocenters. The Bertz CT molecular complexity index is 520. The monoisotopic (exact) mass is 330 g/mol. The fourth-order valence-corrected chi connectivity index (χ4v) is 1.94. The molecule has 1 aromatic rings. The Balaban J connectivity index is 3.40. The van der Waals surface area contributed by atoms with Crippen molar-refractivity contribution in [3.8, 4) is 0 Å². The number of esters is 1. The summed E-state index contributed by atoms with van der Waals surface area (Å²) >= 11 is 3.35. The number of nitrogens with zero attached hydrogens (tertiary/aromatic N) is 2. The van der Waals surface area contributed by atoms with Gasteiger partial charge in [0.25, 0.3) is 0 Å². The number of rotatable bonds is 4. The molecule has 7 heteroatoms. The molecule has 0 aliphatic heterocycles. The van der Waals surface area contributed by atoms with Gasteiger partial charge in [0.1, 0.15) is 11.5 Å². The molecule has 6 nitrogen and oxygen atoms in total. The lowest BCUT2D eigenvalue weighted by molar-refractivity contribution is -0.138. The highest BCUT2D eigenvalue weighted by Crippen LogP contribution is 2.29. The third kappa shape index (κ3) is 3.09. The fourth-order valence-electron chi connectivity index (χ4n) is 1.69. The van der Waals surface area contributed by atoms with Gasteiger partial charge >= 0.3 is 5.97 Å². The van der Waals surface area contributed by atoms with Crippen molar-refractivity contribution in [2.45, 2.75) is 27.7 Å². The third-order valence-corrected chi connectivity index (χ3v) is 3.55. The molecule has 0 saturated carbocycles. The number of hydrogen-bond acceptors (Lipinski definition) is 5. The summed E-state index contributed by atoms with van der Waals surface area (Å²) in [5, 5.41) is 4.29. The number of halogens is 1. The van der Waals surface area contributed by atoms with Crippen LogP contribution in [0.1, 0.15) is 26.5 Å². The van der Waals surface area contributed by atoms with Crippen molar-refractivity contribution in [2.75, 3.05) is 12.3 Å². The molecule has 0 amide bonds. The zero-order valence-electron chi connectivity index (χ0n) is 11.5. The fraction of sp³-hybridized carbons (Fsp3) is 0.500. The summed E-state index contributed by atoms with van der Waals surface area (Å²) in [5.41, 5.74) is 13.1. The van der Waals surface area contributed by atoms with Crippen LogP contribution in [-0.4, -0.2) is 22.4 Å². The zero-order valence-corrected chi connectivity index (χ0v) is 13.1. The second kappa shape index (κ2) is 6.10. The molecule has 106 valence electrons. The predicted octanol–water partition coefficient (Wildman–Crippen LogP) is 1.88. The van der Waals surface area contributed by atoms with Crippen LogP contribution < -0.4 is 11.5 Å². The molecule has 0 aliphatic rings. The van der Waals surface area contributed by atoms with Gasteiger partial charge in [-0.1, -0.05) is 13.8 Å². The minimum Gasteiger partial charge on any atom is -0.461 e. The van der Waals surface area contributed by atoms with E-state index in [0.29, 0.717) is 16.0 Å². The summed E-state index contributed by atoms with van der Waals surface area (Å²) in [6.07, 6.45) is 0. The number of nitrogens with two attached hydrogens (primary N) is 2. The minimum atomic E-state index is -0.560. The van der Waals surface area contributed by atoms with Gasteiger partial charge < -0.3 is 16.2 Å². The Hall–Kier alpha value is -1.50. The summed E-state index contributed by atoms with van der Waals surface area (Å²) in [6.45, 7) is 7.62. The zero-order chi connectivity index (χ0) is 14.7. The summed E-state index contributed by atoms with van der Waals surface area (Å²) < 4.78 is 7.10. The number of anilines is 1. The van der Waals surface area contributed by atoms with Crippen LogP contribution in [0.4, 0.5) is 5.82 Å². The van der Waals surface area contributed by atoms with Crippen LogP contribution in [0, 0.1) is 12.8 Å². The molecule has 0 aromatic carbocycles. The molecule has 0 saturated heterocycles. The smallest absolute Gasteiger partial charge is 0.356 e. The molecule has 1 aromatic heterocycles. The standard InChI is InChI=1S/C12H19BrN4O2/c1-5-19-12(18)9(14)10(6(2)3)17-11(15)8(13)7(4)16-17/h6H,5,14-15H2,1-4H3/b10-9-. The van der Waals surface area contributed by atoms with Crippen LogP contribution in [0.3, 0.4) is 0 Å². The van der Waals surface area contributed by atoms with Crippen molar-refractivity contribution in [3.63, 3.8) is 0 Å². The van der Waals surface area contributed by atoms with E-state index in [1.165, 1.54) is 4.68 Å². The van der Waals surface area contributed by atoms with Gasteiger partial charge in [-0.15, -0.1) is 0 Å². The first-order valence-electron chi connectivity index (χ1n) is 5.98. The average Bonchev–Trinajstić information content (AvgIpc) is 2.57. The lowest BCUT2D eigenvalue weighted by Gasteiger charge is -2.16. The van der Waals surface area contributed by atoms with Crippen molar-refractivity contribution in [3.05, 3.63) is 15.9 Å². The van der Waals surface area contributed by atoms with Gasteiger partial charge in [-0.05, 0) is 35.7 Å². The largest absolute Gasteiger partial charge is 0.461 e. The van der Waals surface area contributed by atoms with E-state index < -0.39 is 5.97 Å². The van der Waals surface area contributed by atoms with Crippen molar-refractivity contribution in [1.82, 2.24) is 9.78 Å². The minimum absolute atomic E-state index is 0.0264. The van der Waals surface area contributed by atoms with Crippen LogP contribution in [0.2, 0.25) is 0 Å². The average molecular weight is 331 g/mol. The number of ether oxygens (including phenoxy) is 1. The van der Waals surface area contributed by atoms with E-state index in [2.05, 4.69) is 21.0 Å². The van der Waals surface area contributed by atoms with E-state index >= 15 is 0 Å². The molecule has 19 heavy (non-hydrogen) atoms. The summed E-state index contributed by atoms with van der Waals surface area (Å²) in [6, 6.07) is 0. The van der Waals surface area contributed by atoms with E-state index in [0.717, 1.165) is 5.69 Å². The maximum Gasteiger partial charge on any atom is 0.356 e. The number of hydrogen-bond donors (Lipinski definition) is 2. The van der Waals surface area contributed by atoms with Crippen LogP contribution in [0.5, 0.6) is 0 Å². The molecule has 0 spiro atoms. The van der Waals surface area contributed by atoms with Gasteiger partial charge in [-0.3, -0.25) is 0 Å².